The van der Waals surface area contributed by atoms with E-state index in [1.807, 2.05) is 0 Å². The van der Waals surface area contributed by atoms with E-state index in [4.69, 9.17) is 0 Å². The number of halogens is 3. The number of rotatable bonds is 1. The van der Waals surface area contributed by atoms with Crippen LogP contribution in [0, 0.1) is 5.41 Å². The van der Waals surface area contributed by atoms with Crippen LogP contribution >= 0.6 is 0 Å². The van der Waals surface area contributed by atoms with Gasteiger partial charge in [0.25, 0.3) is 0 Å². The van der Waals surface area contributed by atoms with Crippen molar-refractivity contribution in [3.63, 3.8) is 0 Å². The van der Waals surface area contributed by atoms with E-state index in [1.54, 1.807) is 13.8 Å². The molecule has 1 fully saturated rings. The standard InChI is InChI=1S/C6H11BF3.K/c1-5(2)4-6(5,3)7(8,9)10;/h4H2,1-3H3;/q-1;+1. The molecule has 0 N–H and O–H groups in total. The second-order valence-electron chi connectivity index (χ2n) is 4.05. The first-order valence-electron chi connectivity index (χ1n) is 3.40. The van der Waals surface area contributed by atoms with Crippen LogP contribution in [0.3, 0.4) is 0 Å². The Morgan fingerprint density at radius 1 is 1.09 bits per heavy atom. The zero-order chi connectivity index (χ0) is 8.21. The van der Waals surface area contributed by atoms with Crippen LogP contribution in [0.5, 0.6) is 0 Å². The van der Waals surface area contributed by atoms with E-state index < -0.39 is 17.7 Å². The smallest absolute Gasteiger partial charge is 0.449 e. The maximum atomic E-state index is 12.2. The van der Waals surface area contributed by atoms with Gasteiger partial charge in [0.1, 0.15) is 0 Å². The van der Waals surface area contributed by atoms with Gasteiger partial charge in [-0.25, -0.2) is 0 Å². The van der Waals surface area contributed by atoms with Gasteiger partial charge >= 0.3 is 58.4 Å². The van der Waals surface area contributed by atoms with Gasteiger partial charge in [-0.15, -0.1) is 0 Å². The molecule has 0 aromatic rings. The molecule has 0 bridgehead atoms. The Labute approximate surface area is 108 Å². The molecule has 0 aliphatic heterocycles. The van der Waals surface area contributed by atoms with Crippen LogP contribution in [-0.4, -0.2) is 6.98 Å². The molecule has 1 atom stereocenters. The summed E-state index contributed by atoms with van der Waals surface area (Å²) in [6.45, 7) is 0.0183. The summed E-state index contributed by atoms with van der Waals surface area (Å²) in [7, 11) is 0. The van der Waals surface area contributed by atoms with Gasteiger partial charge in [0, 0.05) is 0 Å². The average Bonchev–Trinajstić information content (AvgIpc) is 2.05. The summed E-state index contributed by atoms with van der Waals surface area (Å²) in [5.41, 5.74) is -0.509. The molecule has 5 heteroatoms. The van der Waals surface area contributed by atoms with Crippen molar-refractivity contribution in [3.8, 4) is 0 Å². The van der Waals surface area contributed by atoms with Crippen LogP contribution < -0.4 is 51.4 Å². The quantitative estimate of drug-likeness (QED) is 0.511. The predicted molar refractivity (Wildman–Crippen MR) is 35.8 cm³/mol. The monoisotopic (exact) mass is 190 g/mol. The first-order chi connectivity index (χ1) is 4.21. The third-order valence-electron chi connectivity index (χ3n) is 2.95. The summed E-state index contributed by atoms with van der Waals surface area (Å²) in [4.78, 5) is 0. The van der Waals surface area contributed by atoms with Crippen LogP contribution in [0.4, 0.5) is 12.9 Å². The van der Waals surface area contributed by atoms with Gasteiger partial charge in [0.2, 0.25) is 0 Å². The summed E-state index contributed by atoms with van der Waals surface area (Å²) in [6.07, 6.45) is 0.295. The van der Waals surface area contributed by atoms with Gasteiger partial charge in [0.15, 0.2) is 0 Å². The number of hydrogen-bond acceptors (Lipinski definition) is 0. The van der Waals surface area contributed by atoms with Crippen molar-refractivity contribution in [2.24, 2.45) is 5.41 Å². The normalized spacial score (nSPS) is 34.4. The Balaban J connectivity index is 0.000001000. The van der Waals surface area contributed by atoms with Crippen LogP contribution in [0.15, 0.2) is 0 Å². The van der Waals surface area contributed by atoms with Crippen LogP contribution in [-0.2, 0) is 0 Å². The van der Waals surface area contributed by atoms with E-state index in [0.717, 1.165) is 0 Å². The van der Waals surface area contributed by atoms with Crippen LogP contribution in [0.25, 0.3) is 0 Å². The molecular formula is C6H11BF3K. The maximum absolute atomic E-state index is 12.2. The first kappa shape index (κ1) is 12.5. The molecule has 0 radical (unpaired) electrons. The summed E-state index contributed by atoms with van der Waals surface area (Å²) >= 11 is 0. The van der Waals surface area contributed by atoms with Gasteiger partial charge in [-0.2, -0.15) is 0 Å². The molecule has 1 unspecified atom stereocenters. The molecule has 0 aromatic carbocycles. The molecule has 0 spiro atoms. The van der Waals surface area contributed by atoms with Crippen molar-refractivity contribution in [3.05, 3.63) is 0 Å². The third kappa shape index (κ3) is 1.88. The van der Waals surface area contributed by atoms with Crippen molar-refractivity contribution in [1.29, 1.82) is 0 Å². The first-order valence-corrected chi connectivity index (χ1v) is 3.40. The van der Waals surface area contributed by atoms with Gasteiger partial charge < -0.3 is 12.9 Å². The average molecular weight is 190 g/mol. The van der Waals surface area contributed by atoms with E-state index in [0.29, 0.717) is 6.42 Å². The summed E-state index contributed by atoms with van der Waals surface area (Å²) < 4.78 is 36.5. The van der Waals surface area contributed by atoms with Gasteiger partial charge in [-0.1, -0.05) is 37.9 Å². The minimum absolute atomic E-state index is 0. The van der Waals surface area contributed by atoms with Crippen molar-refractivity contribution in [2.75, 3.05) is 0 Å². The second kappa shape index (κ2) is 3.01. The Morgan fingerprint density at radius 3 is 1.36 bits per heavy atom. The molecule has 0 saturated heterocycles. The predicted octanol–water partition coefficient (Wildman–Crippen LogP) is 0.0280. The Morgan fingerprint density at radius 2 is 1.36 bits per heavy atom. The van der Waals surface area contributed by atoms with E-state index in [-0.39, 0.29) is 51.4 Å². The molecule has 1 aliphatic carbocycles. The fourth-order valence-electron chi connectivity index (χ4n) is 1.43. The molecule has 0 amide bonds. The topological polar surface area (TPSA) is 0 Å². The van der Waals surface area contributed by atoms with Crippen molar-refractivity contribution < 1.29 is 64.3 Å². The molecule has 0 aromatic heterocycles. The van der Waals surface area contributed by atoms with Crippen molar-refractivity contribution in [1.82, 2.24) is 0 Å². The largest absolute Gasteiger partial charge is 1.00 e. The van der Waals surface area contributed by atoms with Crippen LogP contribution in [0.1, 0.15) is 27.2 Å². The van der Waals surface area contributed by atoms with Gasteiger partial charge in [0.05, 0.1) is 0 Å². The Bertz CT molecular complexity index is 166. The molecule has 11 heavy (non-hydrogen) atoms. The molecule has 1 rings (SSSR count). The Kier molecular flexibility index (Phi) is 3.42. The van der Waals surface area contributed by atoms with Crippen molar-refractivity contribution in [2.45, 2.75) is 32.5 Å². The van der Waals surface area contributed by atoms with Crippen molar-refractivity contribution >= 4 is 6.98 Å². The molecule has 0 heterocycles. The van der Waals surface area contributed by atoms with Gasteiger partial charge in [-0.05, 0) is 0 Å². The molecule has 1 saturated carbocycles. The maximum Gasteiger partial charge on any atom is 1.00 e. The Hall–Kier alpha value is 1.49. The van der Waals surface area contributed by atoms with E-state index in [1.165, 1.54) is 6.92 Å². The minimum Gasteiger partial charge on any atom is -0.449 e. The van der Waals surface area contributed by atoms with E-state index in [9.17, 15) is 12.9 Å². The molecular weight excluding hydrogens is 179 g/mol. The van der Waals surface area contributed by atoms with E-state index >= 15 is 0 Å². The molecule has 1 aliphatic rings. The summed E-state index contributed by atoms with van der Waals surface area (Å²) in [5.74, 6) is 0. The summed E-state index contributed by atoms with van der Waals surface area (Å²) in [5, 5.41) is -1.35. The van der Waals surface area contributed by atoms with E-state index in [2.05, 4.69) is 0 Å². The second-order valence-corrected chi connectivity index (χ2v) is 4.05. The SMILES string of the molecule is CC1(C)CC1(C)[B-](F)(F)F.[K+]. The van der Waals surface area contributed by atoms with Crippen LogP contribution in [0.2, 0.25) is 5.31 Å². The van der Waals surface area contributed by atoms with Gasteiger partial charge in [-0.3, -0.25) is 0 Å². The summed E-state index contributed by atoms with van der Waals surface area (Å²) in [6, 6.07) is 0. The zero-order valence-electron chi connectivity index (χ0n) is 7.42. The zero-order valence-corrected chi connectivity index (χ0v) is 10.5. The number of hydrogen-bond donors (Lipinski definition) is 0. The molecule has 0 nitrogen and oxygen atoms in total. The fourth-order valence-corrected chi connectivity index (χ4v) is 1.43. The minimum atomic E-state index is -4.63. The third-order valence-corrected chi connectivity index (χ3v) is 2.95. The fraction of sp³-hybridized carbons (Fsp3) is 1.00. The molecule has 60 valence electrons.